The largest absolute Gasteiger partial charge is 0.379 e. The second-order valence-corrected chi connectivity index (χ2v) is 9.87. The number of fused-ring (bicyclic) bond motifs is 1. The number of rotatable bonds is 8. The summed E-state index contributed by atoms with van der Waals surface area (Å²) in [5.74, 6) is -2.48. The lowest BCUT2D eigenvalue weighted by molar-refractivity contribution is 0.0733. The van der Waals surface area contributed by atoms with Gasteiger partial charge in [0, 0.05) is 25.8 Å². The van der Waals surface area contributed by atoms with Crippen LogP contribution in [0.15, 0.2) is 24.7 Å². The molecule has 0 bridgehead atoms. The minimum absolute atomic E-state index is 0.0279. The molecule has 1 saturated heterocycles. The fourth-order valence-corrected chi connectivity index (χ4v) is 5.00. The molecule has 1 saturated carbocycles. The monoisotopic (exact) mass is 492 g/mol. The molecule has 0 radical (unpaired) electrons. The van der Waals surface area contributed by atoms with Crippen molar-refractivity contribution in [2.24, 2.45) is 5.92 Å². The molecular formula is C21H22F2N6O4S. The van der Waals surface area contributed by atoms with E-state index in [1.807, 2.05) is 0 Å². The fourth-order valence-electron chi connectivity index (χ4n) is 3.80. The average molecular weight is 493 g/mol. The van der Waals surface area contributed by atoms with Crippen LogP contribution in [0.2, 0.25) is 0 Å². The van der Waals surface area contributed by atoms with Gasteiger partial charge in [0.05, 0.1) is 35.4 Å². The summed E-state index contributed by atoms with van der Waals surface area (Å²) in [7, 11) is -4.13. The predicted molar refractivity (Wildman–Crippen MR) is 120 cm³/mol. The van der Waals surface area contributed by atoms with Crippen LogP contribution in [0, 0.1) is 17.6 Å². The molecule has 180 valence electrons. The zero-order valence-electron chi connectivity index (χ0n) is 18.0. The van der Waals surface area contributed by atoms with Crippen LogP contribution in [0.25, 0.3) is 11.0 Å². The number of aromatic nitrogens is 3. The van der Waals surface area contributed by atoms with Crippen molar-refractivity contribution in [3.63, 3.8) is 0 Å². The highest BCUT2D eigenvalue weighted by atomic mass is 32.2. The average Bonchev–Trinajstić information content (AvgIpc) is 3.56. The minimum Gasteiger partial charge on any atom is -0.379 e. The number of carbonyl (C=O) groups is 1. The zero-order chi connectivity index (χ0) is 23.9. The van der Waals surface area contributed by atoms with Gasteiger partial charge in [0.2, 0.25) is 5.78 Å². The molecule has 3 N–H and O–H groups in total. The number of hydrogen-bond acceptors (Lipinski definition) is 7. The molecule has 3 heterocycles. The van der Waals surface area contributed by atoms with Gasteiger partial charge in [-0.3, -0.25) is 9.52 Å². The maximum atomic E-state index is 15.3. The van der Waals surface area contributed by atoms with Crippen molar-refractivity contribution < 1.29 is 26.7 Å². The Morgan fingerprint density at radius 2 is 1.97 bits per heavy atom. The van der Waals surface area contributed by atoms with Crippen LogP contribution < -0.4 is 10.0 Å². The van der Waals surface area contributed by atoms with Gasteiger partial charge < -0.3 is 15.0 Å². The van der Waals surface area contributed by atoms with Crippen LogP contribution in [0.1, 0.15) is 28.8 Å². The van der Waals surface area contributed by atoms with E-state index in [2.05, 4.69) is 25.0 Å². The van der Waals surface area contributed by atoms with E-state index in [4.69, 9.17) is 4.74 Å². The summed E-state index contributed by atoms with van der Waals surface area (Å²) in [6, 6.07) is 1.80. The first-order chi connectivity index (χ1) is 16.3. The molecule has 34 heavy (non-hydrogen) atoms. The predicted octanol–water partition coefficient (Wildman–Crippen LogP) is 2.28. The Balaban J connectivity index is 1.49. The second kappa shape index (κ2) is 8.89. The molecule has 0 atom stereocenters. The highest BCUT2D eigenvalue weighted by Crippen LogP contribution is 2.32. The molecule has 1 aliphatic heterocycles. The van der Waals surface area contributed by atoms with Crippen molar-refractivity contribution in [1.29, 1.82) is 0 Å². The number of ketones is 1. The number of H-pyrrole nitrogens is 1. The van der Waals surface area contributed by atoms with Gasteiger partial charge in [-0.25, -0.2) is 18.7 Å². The summed E-state index contributed by atoms with van der Waals surface area (Å²) < 4.78 is 63.7. The van der Waals surface area contributed by atoms with Crippen molar-refractivity contribution in [2.45, 2.75) is 12.8 Å². The van der Waals surface area contributed by atoms with E-state index < -0.39 is 38.9 Å². The number of carbonyl (C=O) groups excluding carboxylic acids is 1. The van der Waals surface area contributed by atoms with Crippen LogP contribution >= 0.6 is 0 Å². The summed E-state index contributed by atoms with van der Waals surface area (Å²) in [5.41, 5.74) is -1.10. The van der Waals surface area contributed by atoms with E-state index >= 15 is 4.39 Å². The van der Waals surface area contributed by atoms with Crippen LogP contribution in [0.3, 0.4) is 0 Å². The highest BCUT2D eigenvalue weighted by molar-refractivity contribution is 7.90. The maximum absolute atomic E-state index is 15.3. The smallest absolute Gasteiger partial charge is 0.301 e. The Morgan fingerprint density at radius 1 is 1.21 bits per heavy atom. The first-order valence-electron chi connectivity index (χ1n) is 10.8. The third kappa shape index (κ3) is 4.33. The van der Waals surface area contributed by atoms with Gasteiger partial charge in [-0.15, -0.1) is 0 Å². The quantitative estimate of drug-likeness (QED) is 0.412. The zero-order valence-corrected chi connectivity index (χ0v) is 18.8. The lowest BCUT2D eigenvalue weighted by Gasteiger charge is -2.26. The molecule has 5 rings (SSSR count). The van der Waals surface area contributed by atoms with Gasteiger partial charge in [-0.1, -0.05) is 0 Å². The molecule has 0 amide bonds. The first kappa shape index (κ1) is 22.6. The second-order valence-electron chi connectivity index (χ2n) is 8.20. The van der Waals surface area contributed by atoms with Crippen molar-refractivity contribution in [3.8, 4) is 0 Å². The first-order valence-corrected chi connectivity index (χ1v) is 12.2. The van der Waals surface area contributed by atoms with Gasteiger partial charge in [-0.2, -0.15) is 12.7 Å². The third-order valence-electron chi connectivity index (χ3n) is 5.84. The van der Waals surface area contributed by atoms with Crippen LogP contribution in [0.5, 0.6) is 0 Å². The molecular weight excluding hydrogens is 470 g/mol. The van der Waals surface area contributed by atoms with Crippen LogP contribution in [0.4, 0.5) is 20.3 Å². The molecule has 2 aliphatic rings. The number of morpholine rings is 1. The summed E-state index contributed by atoms with van der Waals surface area (Å²) >= 11 is 0. The Hall–Kier alpha value is -3.16. The molecule has 2 fully saturated rings. The number of anilines is 2. The highest BCUT2D eigenvalue weighted by Gasteiger charge is 2.30. The van der Waals surface area contributed by atoms with E-state index in [9.17, 15) is 17.6 Å². The van der Waals surface area contributed by atoms with E-state index in [1.165, 1.54) is 12.5 Å². The molecule has 1 aromatic carbocycles. The molecule has 3 aromatic rings. The van der Waals surface area contributed by atoms with Crippen molar-refractivity contribution in [1.82, 2.24) is 19.3 Å². The summed E-state index contributed by atoms with van der Waals surface area (Å²) in [6.07, 6.45) is 4.84. The van der Waals surface area contributed by atoms with Gasteiger partial charge in [-0.05, 0) is 30.9 Å². The van der Waals surface area contributed by atoms with Crippen LogP contribution in [-0.2, 0) is 14.9 Å². The molecule has 10 nitrogen and oxygen atoms in total. The maximum Gasteiger partial charge on any atom is 0.301 e. The van der Waals surface area contributed by atoms with Crippen molar-refractivity contribution in [2.75, 3.05) is 42.9 Å². The van der Waals surface area contributed by atoms with Gasteiger partial charge in [0.25, 0.3) is 0 Å². The molecule has 2 aromatic heterocycles. The third-order valence-corrected chi connectivity index (χ3v) is 7.36. The van der Waals surface area contributed by atoms with Crippen molar-refractivity contribution >= 4 is 38.5 Å². The van der Waals surface area contributed by atoms with E-state index in [0.717, 1.165) is 29.3 Å². The van der Waals surface area contributed by atoms with Crippen LogP contribution in [-0.4, -0.2) is 66.3 Å². The molecule has 13 heteroatoms. The molecule has 1 aliphatic carbocycles. The summed E-state index contributed by atoms with van der Waals surface area (Å²) in [4.78, 5) is 24.4. The number of hydrogen-bond donors (Lipinski definition) is 3. The molecule has 0 spiro atoms. The number of nitrogens with zero attached hydrogens (tertiary/aromatic N) is 3. The Kier molecular flexibility index (Phi) is 5.91. The van der Waals surface area contributed by atoms with Gasteiger partial charge in [0.1, 0.15) is 23.6 Å². The number of aromatic amines is 1. The van der Waals surface area contributed by atoms with E-state index in [1.54, 1.807) is 0 Å². The Morgan fingerprint density at radius 3 is 2.71 bits per heavy atom. The summed E-state index contributed by atoms with van der Waals surface area (Å²) in [5, 5.41) is 3.48. The van der Waals surface area contributed by atoms with Gasteiger partial charge in [0.15, 0.2) is 5.82 Å². The topological polar surface area (TPSA) is 129 Å². The number of ether oxygens (including phenoxy) is 1. The number of halogens is 2. The van der Waals surface area contributed by atoms with Gasteiger partial charge >= 0.3 is 10.2 Å². The standard InChI is InChI=1S/C21H22F2N6O4S/c22-14-3-4-15(28-34(31,32)29-5-7-33-8-6-29)18(23)17(14)19(30)13-10-25-21-16(13)20(26-11-27-21)24-9-12-1-2-12/h3-4,10-12,28H,1-2,5-9H2,(H2,24,25,26,27). The van der Waals surface area contributed by atoms with E-state index in [-0.39, 0.29) is 31.9 Å². The number of benzene rings is 1. The van der Waals surface area contributed by atoms with E-state index in [0.29, 0.717) is 29.3 Å². The lowest BCUT2D eigenvalue weighted by Crippen LogP contribution is -2.43. The lowest BCUT2D eigenvalue weighted by atomic mass is 10.0. The molecule has 0 unspecified atom stereocenters. The SMILES string of the molecule is O=C(c1c(F)ccc(NS(=O)(=O)N2CCOCC2)c1F)c1c[nH]c2ncnc(NCC3CC3)c12. The number of nitrogens with one attached hydrogen (secondary N) is 3. The fraction of sp³-hybridized carbons (Fsp3) is 0.381. The normalized spacial score (nSPS) is 17.1. The Labute approximate surface area is 193 Å². The minimum atomic E-state index is -4.13. The summed E-state index contributed by atoms with van der Waals surface area (Å²) in [6.45, 7) is 1.25. The van der Waals surface area contributed by atoms with Crippen molar-refractivity contribution in [3.05, 3.63) is 47.4 Å². The Bertz CT molecular complexity index is 1350.